The predicted octanol–water partition coefficient (Wildman–Crippen LogP) is 3.23. The van der Waals surface area contributed by atoms with Crippen molar-refractivity contribution >= 4 is 27.3 Å². The normalized spacial score (nSPS) is 14.8. The summed E-state index contributed by atoms with van der Waals surface area (Å²) in [5.41, 5.74) is 1.12. The lowest BCUT2D eigenvalue weighted by atomic mass is 9.85. The van der Waals surface area contributed by atoms with Crippen LogP contribution in [0.15, 0.2) is 59.5 Å². The van der Waals surface area contributed by atoms with Gasteiger partial charge < -0.3 is 5.32 Å². The Balaban J connectivity index is 1.69. The Bertz CT molecular complexity index is 782. The second-order valence-electron chi connectivity index (χ2n) is 5.61. The highest BCUT2D eigenvalue weighted by atomic mass is 32.2. The quantitative estimate of drug-likeness (QED) is 0.884. The van der Waals surface area contributed by atoms with Gasteiger partial charge in [-0.2, -0.15) is 0 Å². The summed E-state index contributed by atoms with van der Waals surface area (Å²) in [6.45, 7) is 0. The number of carbonyl (C=O) groups is 1. The third kappa shape index (κ3) is 3.71. The first kappa shape index (κ1) is 15.6. The molecule has 0 heterocycles. The third-order valence-corrected chi connectivity index (χ3v) is 5.33. The molecule has 0 radical (unpaired) electrons. The second kappa shape index (κ2) is 6.42. The zero-order chi connectivity index (χ0) is 16.3. The van der Waals surface area contributed by atoms with Crippen molar-refractivity contribution in [2.24, 2.45) is 5.92 Å². The first-order valence-corrected chi connectivity index (χ1v) is 9.02. The molecule has 0 saturated heterocycles. The molecule has 0 spiro atoms. The molecule has 0 unspecified atom stereocenters. The van der Waals surface area contributed by atoms with Gasteiger partial charge in [0.2, 0.25) is 5.91 Å². The van der Waals surface area contributed by atoms with E-state index in [-0.39, 0.29) is 16.7 Å². The van der Waals surface area contributed by atoms with Crippen LogP contribution in [0.2, 0.25) is 0 Å². The predicted molar refractivity (Wildman–Crippen MR) is 89.7 cm³/mol. The fourth-order valence-corrected chi connectivity index (χ4v) is 3.41. The molecule has 1 fully saturated rings. The van der Waals surface area contributed by atoms with Gasteiger partial charge in [-0.1, -0.05) is 24.6 Å². The number of hydrogen-bond acceptors (Lipinski definition) is 3. The van der Waals surface area contributed by atoms with Crippen molar-refractivity contribution in [1.29, 1.82) is 0 Å². The van der Waals surface area contributed by atoms with Gasteiger partial charge in [0.15, 0.2) is 0 Å². The second-order valence-corrected chi connectivity index (χ2v) is 7.30. The Hall–Kier alpha value is -2.34. The highest BCUT2D eigenvalue weighted by Crippen LogP contribution is 2.27. The average Bonchev–Trinajstić information content (AvgIpc) is 2.46. The van der Waals surface area contributed by atoms with E-state index in [1.165, 1.54) is 12.1 Å². The average molecular weight is 330 g/mol. The van der Waals surface area contributed by atoms with Gasteiger partial charge in [0, 0.05) is 17.3 Å². The van der Waals surface area contributed by atoms with Crippen LogP contribution in [0.4, 0.5) is 11.4 Å². The molecule has 0 atom stereocenters. The molecule has 2 aromatic rings. The number of nitrogens with one attached hydrogen (secondary N) is 2. The molecule has 120 valence electrons. The SMILES string of the molecule is O=C(Nc1ccc(S(=O)(=O)Nc2ccccc2)cc1)C1CCC1. The Morgan fingerprint density at radius 1 is 0.913 bits per heavy atom. The van der Waals surface area contributed by atoms with Gasteiger partial charge in [0.05, 0.1) is 4.90 Å². The third-order valence-electron chi connectivity index (χ3n) is 3.93. The van der Waals surface area contributed by atoms with Crippen LogP contribution in [0.5, 0.6) is 0 Å². The lowest BCUT2D eigenvalue weighted by molar-refractivity contribution is -0.122. The van der Waals surface area contributed by atoms with Gasteiger partial charge in [-0.3, -0.25) is 9.52 Å². The molecular formula is C17H18N2O3S. The van der Waals surface area contributed by atoms with Crippen LogP contribution in [0.25, 0.3) is 0 Å². The Morgan fingerprint density at radius 3 is 2.13 bits per heavy atom. The van der Waals surface area contributed by atoms with E-state index in [0.717, 1.165) is 19.3 Å². The summed E-state index contributed by atoms with van der Waals surface area (Å²) in [6.07, 6.45) is 2.96. The molecule has 1 aliphatic rings. The summed E-state index contributed by atoms with van der Waals surface area (Å²) in [6, 6.07) is 14.9. The smallest absolute Gasteiger partial charge is 0.261 e. The minimum Gasteiger partial charge on any atom is -0.326 e. The van der Waals surface area contributed by atoms with E-state index in [1.54, 1.807) is 36.4 Å². The van der Waals surface area contributed by atoms with Gasteiger partial charge in [0.25, 0.3) is 10.0 Å². The standard InChI is InChI=1S/C17H18N2O3S/c20-17(13-5-4-6-13)18-14-9-11-16(12-10-14)23(21,22)19-15-7-2-1-3-8-15/h1-3,7-13,19H,4-6H2,(H,18,20). The number of carbonyl (C=O) groups excluding carboxylic acids is 1. The van der Waals surface area contributed by atoms with Crippen LogP contribution in [-0.2, 0) is 14.8 Å². The fraction of sp³-hybridized carbons (Fsp3) is 0.235. The van der Waals surface area contributed by atoms with Crippen LogP contribution in [0, 0.1) is 5.92 Å². The molecule has 2 N–H and O–H groups in total. The van der Waals surface area contributed by atoms with Crippen molar-refractivity contribution < 1.29 is 13.2 Å². The summed E-state index contributed by atoms with van der Waals surface area (Å²) in [5, 5.41) is 2.82. The van der Waals surface area contributed by atoms with Crippen molar-refractivity contribution in [1.82, 2.24) is 0 Å². The molecular weight excluding hydrogens is 312 g/mol. The topological polar surface area (TPSA) is 75.3 Å². The van der Waals surface area contributed by atoms with Gasteiger partial charge in [-0.05, 0) is 49.2 Å². The molecule has 1 saturated carbocycles. The van der Waals surface area contributed by atoms with Crippen molar-refractivity contribution in [3.8, 4) is 0 Å². The molecule has 1 aliphatic carbocycles. The van der Waals surface area contributed by atoms with E-state index in [2.05, 4.69) is 10.0 Å². The summed E-state index contributed by atoms with van der Waals surface area (Å²) in [7, 11) is -3.63. The van der Waals surface area contributed by atoms with Crippen LogP contribution < -0.4 is 10.0 Å². The van der Waals surface area contributed by atoms with E-state index in [1.807, 2.05) is 6.07 Å². The van der Waals surface area contributed by atoms with Gasteiger partial charge >= 0.3 is 0 Å². The zero-order valence-electron chi connectivity index (χ0n) is 12.5. The van der Waals surface area contributed by atoms with E-state index in [9.17, 15) is 13.2 Å². The van der Waals surface area contributed by atoms with Gasteiger partial charge in [0.1, 0.15) is 0 Å². The highest BCUT2D eigenvalue weighted by Gasteiger charge is 2.25. The number of para-hydroxylation sites is 1. The van der Waals surface area contributed by atoms with E-state index in [0.29, 0.717) is 11.4 Å². The number of benzene rings is 2. The molecule has 3 rings (SSSR count). The van der Waals surface area contributed by atoms with Crippen molar-refractivity contribution in [3.05, 3.63) is 54.6 Å². The maximum atomic E-state index is 12.3. The summed E-state index contributed by atoms with van der Waals surface area (Å²) >= 11 is 0. The number of sulfonamides is 1. The molecule has 0 aromatic heterocycles. The lowest BCUT2D eigenvalue weighted by Gasteiger charge is -2.24. The first-order valence-electron chi connectivity index (χ1n) is 7.53. The van der Waals surface area contributed by atoms with Crippen molar-refractivity contribution in [2.75, 3.05) is 10.0 Å². The largest absolute Gasteiger partial charge is 0.326 e. The number of amides is 1. The molecule has 1 amide bonds. The minimum absolute atomic E-state index is 0.00858. The molecule has 2 aromatic carbocycles. The van der Waals surface area contributed by atoms with E-state index < -0.39 is 10.0 Å². The van der Waals surface area contributed by atoms with Gasteiger partial charge in [-0.25, -0.2) is 8.42 Å². The highest BCUT2D eigenvalue weighted by molar-refractivity contribution is 7.92. The molecule has 23 heavy (non-hydrogen) atoms. The van der Waals surface area contributed by atoms with E-state index in [4.69, 9.17) is 0 Å². The van der Waals surface area contributed by atoms with Crippen molar-refractivity contribution in [2.45, 2.75) is 24.2 Å². The van der Waals surface area contributed by atoms with E-state index >= 15 is 0 Å². The fourth-order valence-electron chi connectivity index (χ4n) is 2.35. The lowest BCUT2D eigenvalue weighted by Crippen LogP contribution is -2.28. The molecule has 6 heteroatoms. The maximum Gasteiger partial charge on any atom is 0.261 e. The Morgan fingerprint density at radius 2 is 1.57 bits per heavy atom. The van der Waals surface area contributed by atoms with Crippen molar-refractivity contribution in [3.63, 3.8) is 0 Å². The summed E-state index contributed by atoms with van der Waals surface area (Å²) in [4.78, 5) is 12.0. The molecule has 5 nitrogen and oxygen atoms in total. The molecule has 0 aliphatic heterocycles. The maximum absolute atomic E-state index is 12.3. The molecule has 0 bridgehead atoms. The van der Waals surface area contributed by atoms with Crippen LogP contribution in [-0.4, -0.2) is 14.3 Å². The number of hydrogen-bond donors (Lipinski definition) is 2. The summed E-state index contributed by atoms with van der Waals surface area (Å²) in [5.74, 6) is 0.104. The minimum atomic E-state index is -3.63. The van der Waals surface area contributed by atoms with Crippen LogP contribution >= 0.6 is 0 Å². The Labute approximate surface area is 135 Å². The number of rotatable bonds is 5. The first-order chi connectivity index (χ1) is 11.0. The monoisotopic (exact) mass is 330 g/mol. The summed E-state index contributed by atoms with van der Waals surface area (Å²) < 4.78 is 27.1. The Kier molecular flexibility index (Phi) is 4.34. The van der Waals surface area contributed by atoms with Crippen LogP contribution in [0.3, 0.4) is 0 Å². The van der Waals surface area contributed by atoms with Gasteiger partial charge in [-0.15, -0.1) is 0 Å². The zero-order valence-corrected chi connectivity index (χ0v) is 13.3. The van der Waals surface area contributed by atoms with Crippen LogP contribution in [0.1, 0.15) is 19.3 Å². The number of anilines is 2.